The van der Waals surface area contributed by atoms with Gasteiger partial charge in [0.05, 0.1) is 12.9 Å². The minimum atomic E-state index is -1.97. The van der Waals surface area contributed by atoms with Gasteiger partial charge in [0, 0.05) is 11.8 Å². The fourth-order valence-electron chi connectivity index (χ4n) is 0.905. The molecule has 0 amide bonds. The fourth-order valence-corrected chi connectivity index (χ4v) is 5.37. The van der Waals surface area contributed by atoms with Crippen LogP contribution in [0.25, 0.3) is 0 Å². The maximum Gasteiger partial charge on any atom is 0.211 e. The number of rotatable bonds is 10. The first-order chi connectivity index (χ1) is 8.04. The number of nitrogens with zero attached hydrogens (tertiary/aromatic N) is 1. The molecule has 1 atom stereocenters. The van der Waals surface area contributed by atoms with Crippen LogP contribution in [0.5, 0.6) is 0 Å². The van der Waals surface area contributed by atoms with Gasteiger partial charge >= 0.3 is 0 Å². The molecule has 1 unspecified atom stereocenters. The molecule has 0 rings (SSSR count). The highest BCUT2D eigenvalue weighted by Crippen LogP contribution is 2.56. The Kier molecular flexibility index (Phi) is 10.6. The van der Waals surface area contributed by atoms with Gasteiger partial charge in [0.1, 0.15) is 0 Å². The Labute approximate surface area is 115 Å². The van der Waals surface area contributed by atoms with Crippen molar-refractivity contribution in [2.75, 3.05) is 12.4 Å². The molecule has 0 saturated heterocycles. The van der Waals surface area contributed by atoms with Gasteiger partial charge in [-0.2, -0.15) is 0 Å². The molecule has 0 aromatic rings. The van der Waals surface area contributed by atoms with Crippen LogP contribution in [-0.2, 0) is 16.3 Å². The number of aliphatic imine (C=N–C) groups is 1. The summed E-state index contributed by atoms with van der Waals surface area (Å²) in [5, 5.41) is 3.20. The van der Waals surface area contributed by atoms with Crippen LogP contribution in [0.15, 0.2) is 4.99 Å². The van der Waals surface area contributed by atoms with Gasteiger partial charge in [-0.05, 0) is 38.5 Å². The van der Waals surface area contributed by atoms with Crippen LogP contribution in [0, 0.1) is 0 Å². The second-order valence-corrected chi connectivity index (χ2v) is 10.7. The average molecular weight is 296 g/mol. The summed E-state index contributed by atoms with van der Waals surface area (Å²) in [6.07, 6.45) is 5.09. The smallest absolute Gasteiger partial charge is 0.211 e. The molecule has 102 valence electrons. The number of hydrogen-bond donors (Lipinski definition) is 1. The van der Waals surface area contributed by atoms with Crippen LogP contribution in [0.3, 0.4) is 0 Å². The molecule has 3 nitrogen and oxygen atoms in total. The van der Waals surface area contributed by atoms with Crippen molar-refractivity contribution in [3.8, 4) is 0 Å². The Bertz CT molecular complexity index is 260. The van der Waals surface area contributed by atoms with Crippen molar-refractivity contribution < 1.29 is 4.52 Å². The maximum atomic E-state index is 5.79. The monoisotopic (exact) mass is 296 g/mol. The summed E-state index contributed by atoms with van der Waals surface area (Å²) in [5.74, 6) is 1.06. The first-order valence-electron chi connectivity index (χ1n) is 6.22. The van der Waals surface area contributed by atoms with Crippen molar-refractivity contribution in [1.29, 1.82) is 0 Å². The van der Waals surface area contributed by atoms with E-state index in [-0.39, 0.29) is 6.04 Å². The summed E-state index contributed by atoms with van der Waals surface area (Å²) >= 11 is 7.32. The van der Waals surface area contributed by atoms with Crippen LogP contribution in [0.2, 0.25) is 0 Å². The van der Waals surface area contributed by atoms with Crippen LogP contribution in [0.4, 0.5) is 0 Å². The van der Waals surface area contributed by atoms with Gasteiger partial charge in [-0.15, -0.1) is 0 Å². The molecule has 0 radical (unpaired) electrons. The van der Waals surface area contributed by atoms with Crippen molar-refractivity contribution in [2.45, 2.75) is 53.0 Å². The van der Waals surface area contributed by atoms with Gasteiger partial charge in [-0.1, -0.05) is 31.7 Å². The van der Waals surface area contributed by atoms with Gasteiger partial charge in [0.15, 0.2) is 0 Å². The van der Waals surface area contributed by atoms with E-state index in [2.05, 4.69) is 23.9 Å². The van der Waals surface area contributed by atoms with E-state index in [9.17, 15) is 0 Å². The fraction of sp³-hybridized carbons (Fsp3) is 0.909. The predicted molar refractivity (Wildman–Crippen MR) is 84.7 cm³/mol. The van der Waals surface area contributed by atoms with Crippen LogP contribution < -0.4 is 5.09 Å². The lowest BCUT2D eigenvalue weighted by atomic mass is 10.4. The quantitative estimate of drug-likeness (QED) is 0.283. The van der Waals surface area contributed by atoms with Crippen molar-refractivity contribution in [3.63, 3.8) is 0 Å². The Morgan fingerprint density at radius 1 is 1.41 bits per heavy atom. The minimum Gasteiger partial charge on any atom is -0.326 e. The van der Waals surface area contributed by atoms with Gasteiger partial charge in [0.2, 0.25) is 5.62 Å². The van der Waals surface area contributed by atoms with E-state index in [0.717, 1.165) is 18.8 Å². The zero-order valence-electron chi connectivity index (χ0n) is 11.3. The Balaban J connectivity index is 4.23. The van der Waals surface area contributed by atoms with Crippen LogP contribution in [-0.4, -0.2) is 24.7 Å². The van der Waals surface area contributed by atoms with E-state index in [1.807, 2.05) is 13.8 Å². The zero-order chi connectivity index (χ0) is 13.1. The minimum absolute atomic E-state index is 0.290. The predicted octanol–water partition coefficient (Wildman–Crippen LogP) is 4.20. The number of hydrogen-bond acceptors (Lipinski definition) is 4. The Morgan fingerprint density at radius 3 is 2.65 bits per heavy atom. The van der Waals surface area contributed by atoms with Gasteiger partial charge in [-0.3, -0.25) is 4.99 Å². The molecule has 1 N–H and O–H groups in total. The zero-order valence-corrected chi connectivity index (χ0v) is 13.8. The second kappa shape index (κ2) is 10.4. The summed E-state index contributed by atoms with van der Waals surface area (Å²) < 4.78 is 5.79. The van der Waals surface area contributed by atoms with E-state index in [0.29, 0.717) is 0 Å². The lowest BCUT2D eigenvalue weighted by Gasteiger charge is -2.21. The first-order valence-corrected chi connectivity index (χ1v) is 10.5. The summed E-state index contributed by atoms with van der Waals surface area (Å²) in [5.41, 5.74) is -1.97. The first kappa shape index (κ1) is 17.4. The summed E-state index contributed by atoms with van der Waals surface area (Å²) in [6, 6.07) is 0.290. The molecule has 0 saturated carbocycles. The molecule has 6 heteroatoms. The van der Waals surface area contributed by atoms with E-state index in [1.54, 1.807) is 17.7 Å². The highest BCUT2D eigenvalue weighted by Gasteiger charge is 2.16. The van der Waals surface area contributed by atoms with E-state index in [4.69, 9.17) is 16.3 Å². The lowest BCUT2D eigenvalue weighted by Crippen LogP contribution is -2.10. The molecule has 0 aliphatic heterocycles. The molecule has 0 bridgehead atoms. The molecule has 0 aromatic carbocycles. The highest BCUT2D eigenvalue weighted by molar-refractivity contribution is 8.68. The van der Waals surface area contributed by atoms with Crippen molar-refractivity contribution in [1.82, 2.24) is 5.09 Å². The van der Waals surface area contributed by atoms with Crippen molar-refractivity contribution >= 4 is 35.1 Å². The third-order valence-corrected chi connectivity index (χ3v) is 7.36. The van der Waals surface area contributed by atoms with E-state index in [1.165, 1.54) is 12.8 Å². The molecule has 0 aliphatic carbocycles. The summed E-state index contributed by atoms with van der Waals surface area (Å²) in [6.45, 7) is 9.08. The molecule has 0 aromatic heterocycles. The number of nitrogens with one attached hydrogen (secondary N) is 1. The maximum absolute atomic E-state index is 5.79. The van der Waals surface area contributed by atoms with Crippen LogP contribution in [0.1, 0.15) is 47.0 Å². The van der Waals surface area contributed by atoms with E-state index >= 15 is 0 Å². The summed E-state index contributed by atoms with van der Waals surface area (Å²) in [4.78, 5) is 4.28. The third kappa shape index (κ3) is 10.1. The molecule has 17 heavy (non-hydrogen) atoms. The molecule has 0 aliphatic rings. The Morgan fingerprint density at radius 2 is 2.12 bits per heavy atom. The largest absolute Gasteiger partial charge is 0.326 e. The van der Waals surface area contributed by atoms with Gasteiger partial charge in [-0.25, -0.2) is 0 Å². The van der Waals surface area contributed by atoms with Crippen molar-refractivity contribution in [3.05, 3.63) is 0 Å². The molecule has 0 heterocycles. The van der Waals surface area contributed by atoms with Gasteiger partial charge < -0.3 is 9.61 Å². The SMILES string of the molecule is CCCCSP(=S)(NC=NC(C)C)OCCC. The average Bonchev–Trinajstić information content (AvgIpc) is 2.26. The molecule has 0 spiro atoms. The third-order valence-electron chi connectivity index (χ3n) is 1.81. The van der Waals surface area contributed by atoms with Crippen LogP contribution >= 0.6 is 17.0 Å². The lowest BCUT2D eigenvalue weighted by molar-refractivity contribution is 0.356. The molecular weight excluding hydrogens is 271 g/mol. The topological polar surface area (TPSA) is 33.6 Å². The normalized spacial score (nSPS) is 15.4. The second-order valence-electron chi connectivity index (χ2n) is 4.02. The standard InChI is InChI=1S/C11H25N2OPS2/c1-5-7-9-17-15(16,14-8-6-2)13-10-12-11(3)4/h10-11H,5-9H2,1-4H3,(H,12,13,16). The molecule has 0 fully saturated rings. The van der Waals surface area contributed by atoms with E-state index < -0.39 is 5.62 Å². The molecular formula is C11H25N2OPS2. The van der Waals surface area contributed by atoms with Crippen molar-refractivity contribution in [2.24, 2.45) is 4.99 Å². The number of unbranched alkanes of at least 4 members (excludes halogenated alkanes) is 1. The Hall–Kier alpha value is 0.430. The highest BCUT2D eigenvalue weighted by atomic mass is 32.9. The van der Waals surface area contributed by atoms with Gasteiger partial charge in [0.25, 0.3) is 0 Å². The summed E-state index contributed by atoms with van der Waals surface area (Å²) in [7, 11) is 0.